The molecule has 3 aromatic carbocycles. The number of hydrogen-bond donors (Lipinski definition) is 0. The maximum absolute atomic E-state index is 13.0. The number of fused-ring (bicyclic) bond motifs is 1. The molecule has 1 heterocycles. The lowest BCUT2D eigenvalue weighted by molar-refractivity contribution is 0.0495. The van der Waals surface area contributed by atoms with E-state index >= 15 is 0 Å². The van der Waals surface area contributed by atoms with E-state index in [1.807, 2.05) is 6.07 Å². The van der Waals surface area contributed by atoms with Crippen LogP contribution >= 0.6 is 0 Å². The summed E-state index contributed by atoms with van der Waals surface area (Å²) in [6, 6.07) is 19.4. The molecule has 0 aliphatic rings. The Bertz CT molecular complexity index is 1500. The number of benzene rings is 3. The van der Waals surface area contributed by atoms with Gasteiger partial charge in [0, 0.05) is 13.6 Å². The van der Waals surface area contributed by atoms with Crippen molar-refractivity contribution in [3.05, 3.63) is 88.9 Å². The molecule has 0 bridgehead atoms. The second kappa shape index (κ2) is 10.1. The number of rotatable bonds is 9. The highest BCUT2D eigenvalue weighted by Crippen LogP contribution is 2.30. The van der Waals surface area contributed by atoms with Crippen LogP contribution in [-0.4, -0.2) is 39.7 Å². The van der Waals surface area contributed by atoms with Gasteiger partial charge in [-0.2, -0.15) is 0 Å². The zero-order valence-corrected chi connectivity index (χ0v) is 20.0. The molecule has 0 saturated carbocycles. The minimum atomic E-state index is -3.88. The number of anilines is 1. The maximum Gasteiger partial charge on any atom is 0.419 e. The zero-order chi connectivity index (χ0) is 25.0. The quantitative estimate of drug-likeness (QED) is 0.257. The van der Waals surface area contributed by atoms with Gasteiger partial charge in [-0.3, -0.25) is 8.87 Å². The average molecular weight is 497 g/mol. The van der Waals surface area contributed by atoms with Gasteiger partial charge in [-0.05, 0) is 55.0 Å². The molecule has 0 atom stereocenters. The van der Waals surface area contributed by atoms with Crippen LogP contribution < -0.4 is 14.8 Å². The van der Waals surface area contributed by atoms with Gasteiger partial charge in [0.1, 0.15) is 5.75 Å². The number of oxazole rings is 1. The minimum Gasteiger partial charge on any atom is -0.495 e. The molecule has 0 saturated heterocycles. The van der Waals surface area contributed by atoms with Crippen molar-refractivity contribution in [2.24, 2.45) is 0 Å². The molecule has 0 aliphatic carbocycles. The highest BCUT2D eigenvalue weighted by Gasteiger charge is 2.24. The summed E-state index contributed by atoms with van der Waals surface area (Å²) in [6.07, 6.45) is 0.408. The van der Waals surface area contributed by atoms with Crippen molar-refractivity contribution in [2.75, 3.05) is 25.1 Å². The molecular weight excluding hydrogens is 472 g/mol. The van der Waals surface area contributed by atoms with Crippen LogP contribution in [0.15, 0.2) is 86.9 Å². The molecule has 0 unspecified atom stereocenters. The third-order valence-electron chi connectivity index (χ3n) is 5.51. The number of aromatic nitrogens is 1. The Hall–Kier alpha value is -4.05. The van der Waals surface area contributed by atoms with Gasteiger partial charge in [-0.1, -0.05) is 24.3 Å². The van der Waals surface area contributed by atoms with Gasteiger partial charge >= 0.3 is 11.7 Å². The summed E-state index contributed by atoms with van der Waals surface area (Å²) in [6.45, 7) is 0.414. The fourth-order valence-corrected chi connectivity index (χ4v) is 4.84. The summed E-state index contributed by atoms with van der Waals surface area (Å²) >= 11 is 0. The third kappa shape index (κ3) is 4.92. The fraction of sp³-hybridized carbons (Fsp3) is 0.200. The molecule has 10 heteroatoms. The molecule has 182 valence electrons. The Labute approximate surface area is 202 Å². The summed E-state index contributed by atoms with van der Waals surface area (Å²) in [5, 5.41) is 0. The molecule has 35 heavy (non-hydrogen) atoms. The van der Waals surface area contributed by atoms with Crippen LogP contribution in [0.1, 0.15) is 16.8 Å². The number of sulfonamides is 1. The monoisotopic (exact) mass is 496 g/mol. The summed E-state index contributed by atoms with van der Waals surface area (Å²) in [7, 11) is -0.973. The van der Waals surface area contributed by atoms with Gasteiger partial charge in [0.2, 0.25) is 0 Å². The van der Waals surface area contributed by atoms with Crippen molar-refractivity contribution in [1.82, 2.24) is 4.57 Å². The van der Waals surface area contributed by atoms with Gasteiger partial charge in [0.25, 0.3) is 10.0 Å². The second-order valence-electron chi connectivity index (χ2n) is 7.65. The van der Waals surface area contributed by atoms with Gasteiger partial charge in [-0.15, -0.1) is 0 Å². The molecule has 4 rings (SSSR count). The number of aryl methyl sites for hydroxylation is 1. The Balaban J connectivity index is 1.38. The van der Waals surface area contributed by atoms with E-state index in [9.17, 15) is 18.0 Å². The number of nitrogens with zero attached hydrogens (tertiary/aromatic N) is 2. The molecule has 0 radical (unpaired) electrons. The Morgan fingerprint density at radius 3 is 2.43 bits per heavy atom. The lowest BCUT2D eigenvalue weighted by Gasteiger charge is -2.21. The van der Waals surface area contributed by atoms with E-state index in [-0.39, 0.29) is 17.1 Å². The molecule has 0 N–H and O–H groups in total. The summed E-state index contributed by atoms with van der Waals surface area (Å²) in [5.41, 5.74) is 1.79. The van der Waals surface area contributed by atoms with Crippen molar-refractivity contribution in [3.8, 4) is 5.75 Å². The van der Waals surface area contributed by atoms with Crippen molar-refractivity contribution >= 4 is 32.8 Å². The molecule has 4 aromatic rings. The van der Waals surface area contributed by atoms with Crippen molar-refractivity contribution in [1.29, 1.82) is 0 Å². The number of hydrogen-bond acceptors (Lipinski definition) is 7. The van der Waals surface area contributed by atoms with Crippen LogP contribution in [0.5, 0.6) is 5.75 Å². The Morgan fingerprint density at radius 1 is 1.00 bits per heavy atom. The summed E-state index contributed by atoms with van der Waals surface area (Å²) in [5.74, 6) is -0.631. The van der Waals surface area contributed by atoms with E-state index in [0.29, 0.717) is 35.5 Å². The van der Waals surface area contributed by atoms with Crippen LogP contribution in [0, 0.1) is 0 Å². The Kier molecular flexibility index (Phi) is 6.92. The van der Waals surface area contributed by atoms with Crippen LogP contribution in [0.2, 0.25) is 0 Å². The molecule has 0 spiro atoms. The normalized spacial score (nSPS) is 11.4. The van der Waals surface area contributed by atoms with Gasteiger partial charge in [0.15, 0.2) is 5.58 Å². The largest absolute Gasteiger partial charge is 0.495 e. The number of carbonyl (C=O) groups is 1. The molecule has 0 amide bonds. The van der Waals surface area contributed by atoms with Crippen molar-refractivity contribution in [2.45, 2.75) is 17.9 Å². The lowest BCUT2D eigenvalue weighted by Crippen LogP contribution is -2.27. The van der Waals surface area contributed by atoms with Gasteiger partial charge in [0.05, 0.1) is 35.4 Å². The van der Waals surface area contributed by atoms with E-state index in [0.717, 1.165) is 4.31 Å². The predicted octanol–water partition coefficient (Wildman–Crippen LogP) is 3.68. The first-order chi connectivity index (χ1) is 16.8. The number of esters is 1. The molecule has 9 nitrogen and oxygen atoms in total. The Morgan fingerprint density at radius 2 is 1.69 bits per heavy atom. The van der Waals surface area contributed by atoms with Crippen molar-refractivity contribution < 1.29 is 27.1 Å². The summed E-state index contributed by atoms with van der Waals surface area (Å²) < 4.78 is 44.4. The van der Waals surface area contributed by atoms with E-state index in [2.05, 4.69) is 0 Å². The highest BCUT2D eigenvalue weighted by atomic mass is 32.2. The smallest absolute Gasteiger partial charge is 0.419 e. The van der Waals surface area contributed by atoms with E-state index in [1.54, 1.807) is 42.5 Å². The summed E-state index contributed by atoms with van der Waals surface area (Å²) in [4.78, 5) is 24.4. The van der Waals surface area contributed by atoms with Crippen LogP contribution in [0.3, 0.4) is 0 Å². The van der Waals surface area contributed by atoms with Crippen LogP contribution in [0.25, 0.3) is 11.1 Å². The van der Waals surface area contributed by atoms with E-state index in [1.165, 1.54) is 43.0 Å². The maximum atomic E-state index is 13.0. The topological polar surface area (TPSA) is 108 Å². The predicted molar refractivity (Wildman–Crippen MR) is 130 cm³/mol. The molecule has 0 fully saturated rings. The number of carbonyl (C=O) groups excluding carboxylic acids is 1. The number of para-hydroxylation sites is 4. The zero-order valence-electron chi connectivity index (χ0n) is 19.2. The fourth-order valence-electron chi connectivity index (χ4n) is 3.64. The van der Waals surface area contributed by atoms with E-state index < -0.39 is 21.7 Å². The third-order valence-corrected chi connectivity index (χ3v) is 7.29. The second-order valence-corrected chi connectivity index (χ2v) is 9.61. The van der Waals surface area contributed by atoms with Crippen molar-refractivity contribution in [3.63, 3.8) is 0 Å². The highest BCUT2D eigenvalue weighted by molar-refractivity contribution is 7.92. The average Bonchev–Trinajstić information content (AvgIpc) is 3.20. The molecule has 0 aliphatic heterocycles. The number of methoxy groups -OCH3 is 1. The first-order valence-corrected chi connectivity index (χ1v) is 12.2. The lowest BCUT2D eigenvalue weighted by atomic mass is 10.2. The first-order valence-electron chi connectivity index (χ1n) is 10.8. The minimum absolute atomic E-state index is 0.0219. The van der Waals surface area contributed by atoms with Gasteiger partial charge in [-0.25, -0.2) is 18.0 Å². The first kappa shape index (κ1) is 24.1. The molecular formula is C25H24N2O7S. The number of ether oxygens (including phenoxy) is 2. The van der Waals surface area contributed by atoms with Crippen LogP contribution in [-0.2, 0) is 21.3 Å². The standard InChI is InChI=1S/C25H24N2O7S/c1-26(20-8-3-5-10-22(20)32-2)35(30,31)19-14-12-18(13-15-19)24(28)33-17-7-16-27-21-9-4-6-11-23(21)34-25(27)29/h3-6,8-15H,7,16-17H2,1-2H3. The van der Waals surface area contributed by atoms with E-state index in [4.69, 9.17) is 13.9 Å². The molecule has 1 aromatic heterocycles. The van der Waals surface area contributed by atoms with Gasteiger partial charge < -0.3 is 13.9 Å². The van der Waals surface area contributed by atoms with Crippen LogP contribution in [0.4, 0.5) is 5.69 Å². The SMILES string of the molecule is COc1ccccc1N(C)S(=O)(=O)c1ccc(C(=O)OCCCn2c(=O)oc3ccccc32)cc1.